The van der Waals surface area contributed by atoms with Crippen LogP contribution in [0.5, 0.6) is 0 Å². The van der Waals surface area contributed by atoms with Crippen LogP contribution < -0.4 is 5.32 Å². The van der Waals surface area contributed by atoms with Gasteiger partial charge in [0.25, 0.3) is 0 Å². The molecule has 0 aromatic carbocycles. The third-order valence-corrected chi connectivity index (χ3v) is 3.52. The highest BCUT2D eigenvalue weighted by molar-refractivity contribution is 7.13. The second-order valence-corrected chi connectivity index (χ2v) is 4.92. The Bertz CT molecular complexity index is 638. The first kappa shape index (κ1) is 11.8. The average molecular weight is 268 g/mol. The zero-order valence-corrected chi connectivity index (χ0v) is 11.0. The van der Waals surface area contributed by atoms with Crippen LogP contribution in [0, 0.1) is 0 Å². The normalized spacial score (nSPS) is 10.3. The minimum Gasteiger partial charge on any atom is -0.365 e. The van der Waals surface area contributed by atoms with Crippen molar-refractivity contribution in [3.8, 4) is 10.6 Å². The Kier molecular flexibility index (Phi) is 3.47. The first-order chi connectivity index (χ1) is 9.42. The Labute approximate surface area is 115 Å². The van der Waals surface area contributed by atoms with Crippen molar-refractivity contribution in [3.63, 3.8) is 0 Å². The third-order valence-electron chi connectivity index (χ3n) is 2.63. The van der Waals surface area contributed by atoms with Gasteiger partial charge in [0, 0.05) is 18.9 Å². The maximum absolute atomic E-state index is 4.55. The Morgan fingerprint density at radius 3 is 2.74 bits per heavy atom. The summed E-state index contributed by atoms with van der Waals surface area (Å²) in [5, 5.41) is 5.30. The lowest BCUT2D eigenvalue weighted by molar-refractivity contribution is 1.08. The summed E-state index contributed by atoms with van der Waals surface area (Å²) in [6, 6.07) is 8.01. The summed E-state index contributed by atoms with van der Waals surface area (Å²) >= 11 is 1.66. The van der Waals surface area contributed by atoms with Crippen molar-refractivity contribution in [2.75, 3.05) is 5.32 Å². The first-order valence-corrected chi connectivity index (χ1v) is 6.78. The first-order valence-electron chi connectivity index (χ1n) is 5.90. The van der Waals surface area contributed by atoms with Gasteiger partial charge < -0.3 is 5.32 Å². The highest BCUT2D eigenvalue weighted by atomic mass is 32.1. The molecule has 5 heteroatoms. The minimum absolute atomic E-state index is 0.713. The van der Waals surface area contributed by atoms with Gasteiger partial charge in [0.15, 0.2) is 0 Å². The number of hydrogen-bond acceptors (Lipinski definition) is 5. The fourth-order valence-corrected chi connectivity index (χ4v) is 2.37. The molecule has 94 valence electrons. The largest absolute Gasteiger partial charge is 0.365 e. The minimum atomic E-state index is 0.713. The van der Waals surface area contributed by atoms with Crippen molar-refractivity contribution in [2.45, 2.75) is 6.54 Å². The molecule has 0 amide bonds. The molecule has 0 atom stereocenters. The van der Waals surface area contributed by atoms with Crippen molar-refractivity contribution in [1.82, 2.24) is 15.0 Å². The van der Waals surface area contributed by atoms with Gasteiger partial charge in [-0.25, -0.2) is 4.98 Å². The molecule has 0 spiro atoms. The Morgan fingerprint density at radius 1 is 1.05 bits per heavy atom. The van der Waals surface area contributed by atoms with E-state index in [2.05, 4.69) is 20.3 Å². The fourth-order valence-electron chi connectivity index (χ4n) is 1.69. The molecule has 0 aliphatic heterocycles. The van der Waals surface area contributed by atoms with Gasteiger partial charge in [-0.1, -0.05) is 6.07 Å². The van der Waals surface area contributed by atoms with Gasteiger partial charge in [-0.2, -0.15) is 0 Å². The molecule has 3 heterocycles. The van der Waals surface area contributed by atoms with Gasteiger partial charge in [0.1, 0.15) is 11.5 Å². The van der Waals surface area contributed by atoms with E-state index in [0.29, 0.717) is 6.54 Å². The van der Waals surface area contributed by atoms with Gasteiger partial charge in [-0.05, 0) is 29.1 Å². The molecule has 3 aromatic rings. The molecule has 0 saturated heterocycles. The Hall–Kier alpha value is -2.27. The number of thiophene rings is 1. The van der Waals surface area contributed by atoms with Crippen molar-refractivity contribution in [1.29, 1.82) is 0 Å². The van der Waals surface area contributed by atoms with E-state index in [9.17, 15) is 0 Å². The Morgan fingerprint density at radius 2 is 1.95 bits per heavy atom. The molecule has 0 aliphatic carbocycles. The molecule has 0 fully saturated rings. The molecule has 4 nitrogen and oxygen atoms in total. The standard InChI is InChI=1S/C14H12N4S/c1-2-13(19-7-1)12-9-16-10-14(18-12)17-8-11-3-5-15-6-4-11/h1-7,9-10H,8H2,(H,17,18). The molecular formula is C14H12N4S. The smallest absolute Gasteiger partial charge is 0.145 e. The summed E-state index contributed by atoms with van der Waals surface area (Å²) in [6.07, 6.45) is 7.08. The van der Waals surface area contributed by atoms with Gasteiger partial charge in [0.2, 0.25) is 0 Å². The predicted molar refractivity (Wildman–Crippen MR) is 76.9 cm³/mol. The Balaban J connectivity index is 1.74. The molecule has 3 rings (SSSR count). The van der Waals surface area contributed by atoms with Crippen LogP contribution >= 0.6 is 11.3 Å². The molecule has 3 aromatic heterocycles. The van der Waals surface area contributed by atoms with Crippen molar-refractivity contribution in [2.24, 2.45) is 0 Å². The zero-order valence-electron chi connectivity index (χ0n) is 10.2. The van der Waals surface area contributed by atoms with Crippen LogP contribution in [-0.4, -0.2) is 15.0 Å². The van der Waals surface area contributed by atoms with Crippen LogP contribution in [-0.2, 0) is 6.54 Å². The lowest BCUT2D eigenvalue weighted by Gasteiger charge is -2.06. The monoisotopic (exact) mass is 268 g/mol. The van der Waals surface area contributed by atoms with Gasteiger partial charge in [0.05, 0.1) is 17.3 Å². The van der Waals surface area contributed by atoms with Crippen LogP contribution in [0.3, 0.4) is 0 Å². The lowest BCUT2D eigenvalue weighted by atomic mass is 10.3. The molecular weight excluding hydrogens is 256 g/mol. The molecule has 1 N–H and O–H groups in total. The quantitative estimate of drug-likeness (QED) is 0.789. The van der Waals surface area contributed by atoms with Crippen LogP contribution in [0.25, 0.3) is 10.6 Å². The summed E-state index contributed by atoms with van der Waals surface area (Å²) in [5.41, 5.74) is 2.06. The summed E-state index contributed by atoms with van der Waals surface area (Å²) in [6.45, 7) is 0.713. The van der Waals surface area contributed by atoms with Gasteiger partial charge in [-0.15, -0.1) is 11.3 Å². The van der Waals surface area contributed by atoms with Crippen molar-refractivity contribution >= 4 is 17.2 Å². The van der Waals surface area contributed by atoms with Crippen LogP contribution in [0.1, 0.15) is 5.56 Å². The predicted octanol–water partition coefficient (Wildman–Crippen LogP) is 3.21. The number of aromatic nitrogens is 3. The van der Waals surface area contributed by atoms with Crippen LogP contribution in [0.15, 0.2) is 54.4 Å². The average Bonchev–Trinajstić information content (AvgIpc) is 3.01. The molecule has 0 saturated carbocycles. The second-order valence-electron chi connectivity index (χ2n) is 3.98. The second kappa shape index (κ2) is 5.58. The van der Waals surface area contributed by atoms with E-state index < -0.39 is 0 Å². The summed E-state index contributed by atoms with van der Waals surface area (Å²) in [5.74, 6) is 0.780. The summed E-state index contributed by atoms with van der Waals surface area (Å²) in [7, 11) is 0. The van der Waals surface area contributed by atoms with E-state index in [4.69, 9.17) is 0 Å². The number of rotatable bonds is 4. The maximum atomic E-state index is 4.55. The zero-order chi connectivity index (χ0) is 12.9. The highest BCUT2D eigenvalue weighted by Crippen LogP contribution is 2.22. The van der Waals surface area contributed by atoms with E-state index in [1.807, 2.05) is 29.6 Å². The lowest BCUT2D eigenvalue weighted by Crippen LogP contribution is -2.02. The van der Waals surface area contributed by atoms with E-state index >= 15 is 0 Å². The number of nitrogens with one attached hydrogen (secondary N) is 1. The number of nitrogens with zero attached hydrogens (tertiary/aromatic N) is 3. The molecule has 0 bridgehead atoms. The van der Waals surface area contributed by atoms with E-state index in [0.717, 1.165) is 16.4 Å². The molecule has 0 radical (unpaired) electrons. The van der Waals surface area contributed by atoms with Crippen LogP contribution in [0.2, 0.25) is 0 Å². The van der Waals surface area contributed by atoms with Gasteiger partial charge >= 0.3 is 0 Å². The fraction of sp³-hybridized carbons (Fsp3) is 0.0714. The van der Waals surface area contributed by atoms with E-state index in [1.54, 1.807) is 36.1 Å². The van der Waals surface area contributed by atoms with E-state index in [1.165, 1.54) is 5.56 Å². The summed E-state index contributed by atoms with van der Waals surface area (Å²) < 4.78 is 0. The number of pyridine rings is 1. The summed E-state index contributed by atoms with van der Waals surface area (Å²) in [4.78, 5) is 13.9. The van der Waals surface area contributed by atoms with Crippen molar-refractivity contribution < 1.29 is 0 Å². The molecule has 19 heavy (non-hydrogen) atoms. The highest BCUT2D eigenvalue weighted by Gasteiger charge is 2.02. The number of anilines is 1. The molecule has 0 unspecified atom stereocenters. The number of hydrogen-bond donors (Lipinski definition) is 1. The molecule has 0 aliphatic rings. The SMILES string of the molecule is c1csc(-c2cncc(NCc3ccncc3)n2)c1. The van der Waals surface area contributed by atoms with E-state index in [-0.39, 0.29) is 0 Å². The van der Waals surface area contributed by atoms with Crippen molar-refractivity contribution in [3.05, 3.63) is 60.0 Å². The third kappa shape index (κ3) is 2.95. The topological polar surface area (TPSA) is 50.7 Å². The van der Waals surface area contributed by atoms with Gasteiger partial charge in [-0.3, -0.25) is 9.97 Å². The maximum Gasteiger partial charge on any atom is 0.145 e. The van der Waals surface area contributed by atoms with Crippen LogP contribution in [0.4, 0.5) is 5.82 Å².